The summed E-state index contributed by atoms with van der Waals surface area (Å²) in [5.41, 5.74) is 1.40. The van der Waals surface area contributed by atoms with E-state index in [-0.39, 0.29) is 0 Å². The fraction of sp³-hybridized carbons (Fsp3) is 0.625. The highest BCUT2D eigenvalue weighted by Crippen LogP contribution is 2.26. The van der Waals surface area contributed by atoms with Crippen LogP contribution in [0.5, 0.6) is 0 Å². The van der Waals surface area contributed by atoms with Crippen molar-refractivity contribution in [2.24, 2.45) is 5.92 Å². The summed E-state index contributed by atoms with van der Waals surface area (Å²) in [6.07, 6.45) is 2.72. The third kappa shape index (κ3) is 3.12. The van der Waals surface area contributed by atoms with Crippen LogP contribution in [0, 0.1) is 5.92 Å². The average Bonchev–Trinajstić information content (AvgIpc) is 2.85. The molecule has 1 aliphatic heterocycles. The Morgan fingerprint density at radius 3 is 2.61 bits per heavy atom. The van der Waals surface area contributed by atoms with Gasteiger partial charge in [0.2, 0.25) is 0 Å². The number of hydrogen-bond donors (Lipinski definition) is 1. The summed E-state index contributed by atoms with van der Waals surface area (Å²) in [6.45, 7) is 7.08. The first-order chi connectivity index (χ1) is 8.72. The maximum absolute atomic E-state index is 3.46. The van der Waals surface area contributed by atoms with Gasteiger partial charge in [-0.05, 0) is 37.9 Å². The molecule has 2 unspecified atom stereocenters. The summed E-state index contributed by atoms with van der Waals surface area (Å²) < 4.78 is 0. The maximum Gasteiger partial charge on any atom is 0.0446 e. The maximum atomic E-state index is 3.46. The predicted octanol–water partition coefficient (Wildman–Crippen LogP) is 3.07. The highest BCUT2D eigenvalue weighted by molar-refractivity contribution is 5.19. The first-order valence-corrected chi connectivity index (χ1v) is 7.18. The summed E-state index contributed by atoms with van der Waals surface area (Å²) in [7, 11) is 2.07. The van der Waals surface area contributed by atoms with E-state index >= 15 is 0 Å². The molecule has 0 radical (unpaired) electrons. The van der Waals surface area contributed by atoms with Crippen LogP contribution < -0.4 is 5.32 Å². The minimum Gasteiger partial charge on any atom is -0.312 e. The summed E-state index contributed by atoms with van der Waals surface area (Å²) in [5, 5.41) is 3.46. The Morgan fingerprint density at radius 1 is 1.28 bits per heavy atom. The molecule has 2 rings (SSSR count). The van der Waals surface area contributed by atoms with Crippen LogP contribution in [0.3, 0.4) is 0 Å². The Morgan fingerprint density at radius 2 is 2.00 bits per heavy atom. The van der Waals surface area contributed by atoms with E-state index in [1.807, 2.05) is 0 Å². The van der Waals surface area contributed by atoms with Gasteiger partial charge in [0, 0.05) is 18.6 Å². The van der Waals surface area contributed by atoms with Gasteiger partial charge in [-0.25, -0.2) is 0 Å². The molecular weight excluding hydrogens is 220 g/mol. The van der Waals surface area contributed by atoms with Gasteiger partial charge in [0.15, 0.2) is 0 Å². The molecule has 0 saturated carbocycles. The van der Waals surface area contributed by atoms with Crippen molar-refractivity contribution in [3.63, 3.8) is 0 Å². The number of likely N-dealkylation sites (N-methyl/N-ethyl adjacent to an activating group) is 1. The number of hydrogen-bond acceptors (Lipinski definition) is 2. The lowest BCUT2D eigenvalue weighted by atomic mass is 10.0. The summed E-state index contributed by atoms with van der Waals surface area (Å²) >= 11 is 0. The molecule has 2 nitrogen and oxygen atoms in total. The molecule has 100 valence electrons. The van der Waals surface area contributed by atoms with Gasteiger partial charge in [-0.2, -0.15) is 0 Å². The zero-order valence-electron chi connectivity index (χ0n) is 11.9. The van der Waals surface area contributed by atoms with Crippen LogP contribution in [-0.2, 0) is 0 Å². The van der Waals surface area contributed by atoms with Gasteiger partial charge in [-0.3, -0.25) is 4.90 Å². The van der Waals surface area contributed by atoms with Crippen LogP contribution in [0.1, 0.15) is 38.3 Å². The molecule has 2 atom stereocenters. The van der Waals surface area contributed by atoms with Gasteiger partial charge < -0.3 is 5.32 Å². The average molecular weight is 246 g/mol. The summed E-state index contributed by atoms with van der Waals surface area (Å²) in [6, 6.07) is 12.0. The fourth-order valence-electron chi connectivity index (χ4n) is 3.12. The lowest BCUT2D eigenvalue weighted by Crippen LogP contribution is -2.39. The van der Waals surface area contributed by atoms with Gasteiger partial charge in [0.25, 0.3) is 0 Å². The lowest BCUT2D eigenvalue weighted by molar-refractivity contribution is 0.188. The first-order valence-electron chi connectivity index (χ1n) is 7.18. The number of likely N-dealkylation sites (tertiary alicyclic amines) is 1. The van der Waals surface area contributed by atoms with E-state index in [4.69, 9.17) is 0 Å². The monoisotopic (exact) mass is 246 g/mol. The van der Waals surface area contributed by atoms with Crippen molar-refractivity contribution < 1.29 is 0 Å². The lowest BCUT2D eigenvalue weighted by Gasteiger charge is -2.31. The molecule has 1 saturated heterocycles. The van der Waals surface area contributed by atoms with Crippen LogP contribution in [0.4, 0.5) is 0 Å². The number of rotatable bonds is 5. The van der Waals surface area contributed by atoms with E-state index in [0.717, 1.165) is 18.5 Å². The number of benzene rings is 1. The molecule has 0 bridgehead atoms. The van der Waals surface area contributed by atoms with E-state index < -0.39 is 0 Å². The van der Waals surface area contributed by atoms with E-state index in [9.17, 15) is 0 Å². The van der Waals surface area contributed by atoms with Crippen LogP contribution in [0.25, 0.3) is 0 Å². The minimum atomic E-state index is 0.450. The quantitative estimate of drug-likeness (QED) is 0.859. The number of nitrogens with one attached hydrogen (secondary N) is 1. The second kappa shape index (κ2) is 6.35. The van der Waals surface area contributed by atoms with E-state index in [1.54, 1.807) is 0 Å². The molecule has 2 heteroatoms. The summed E-state index contributed by atoms with van der Waals surface area (Å²) in [5.74, 6) is 0.765. The fourth-order valence-corrected chi connectivity index (χ4v) is 3.12. The third-order valence-corrected chi connectivity index (χ3v) is 4.15. The van der Waals surface area contributed by atoms with E-state index in [1.165, 1.54) is 24.9 Å². The number of nitrogens with zero attached hydrogens (tertiary/aromatic N) is 1. The molecule has 0 aromatic heterocycles. The molecule has 1 heterocycles. The molecule has 1 aliphatic rings. The topological polar surface area (TPSA) is 15.3 Å². The SMILES string of the molecule is CNC(CN1CCCC1C(C)C)c1ccccc1. The molecule has 1 aromatic rings. The van der Waals surface area contributed by atoms with Crippen molar-refractivity contribution in [1.82, 2.24) is 10.2 Å². The molecule has 0 spiro atoms. The van der Waals surface area contributed by atoms with Crippen molar-refractivity contribution >= 4 is 0 Å². The molecule has 0 amide bonds. The van der Waals surface area contributed by atoms with Gasteiger partial charge in [0.1, 0.15) is 0 Å². The van der Waals surface area contributed by atoms with Crippen LogP contribution >= 0.6 is 0 Å². The van der Waals surface area contributed by atoms with Crippen molar-refractivity contribution in [2.45, 2.75) is 38.8 Å². The molecular formula is C16H26N2. The Labute approximate surface area is 111 Å². The Balaban J connectivity index is 2.02. The normalized spacial score (nSPS) is 22.6. The van der Waals surface area contributed by atoms with E-state index in [0.29, 0.717) is 6.04 Å². The Hall–Kier alpha value is -0.860. The van der Waals surface area contributed by atoms with Gasteiger partial charge in [0.05, 0.1) is 0 Å². The second-order valence-corrected chi connectivity index (χ2v) is 5.70. The molecule has 18 heavy (non-hydrogen) atoms. The molecule has 1 N–H and O–H groups in total. The second-order valence-electron chi connectivity index (χ2n) is 5.70. The third-order valence-electron chi connectivity index (χ3n) is 4.15. The zero-order chi connectivity index (χ0) is 13.0. The summed E-state index contributed by atoms with van der Waals surface area (Å²) in [4.78, 5) is 2.67. The van der Waals surface area contributed by atoms with Crippen LogP contribution in [0.15, 0.2) is 30.3 Å². The predicted molar refractivity (Wildman–Crippen MR) is 77.7 cm³/mol. The van der Waals surface area contributed by atoms with Crippen LogP contribution in [-0.4, -0.2) is 31.1 Å². The van der Waals surface area contributed by atoms with Gasteiger partial charge in [-0.1, -0.05) is 44.2 Å². The first kappa shape index (κ1) is 13.6. The van der Waals surface area contributed by atoms with Crippen molar-refractivity contribution in [2.75, 3.05) is 20.1 Å². The zero-order valence-corrected chi connectivity index (χ0v) is 11.9. The van der Waals surface area contributed by atoms with Gasteiger partial charge >= 0.3 is 0 Å². The van der Waals surface area contributed by atoms with Crippen molar-refractivity contribution in [3.8, 4) is 0 Å². The molecule has 1 aromatic carbocycles. The van der Waals surface area contributed by atoms with Crippen molar-refractivity contribution in [1.29, 1.82) is 0 Å². The van der Waals surface area contributed by atoms with Gasteiger partial charge in [-0.15, -0.1) is 0 Å². The highest BCUT2D eigenvalue weighted by atomic mass is 15.2. The molecule has 1 fully saturated rings. The minimum absolute atomic E-state index is 0.450. The molecule has 0 aliphatic carbocycles. The largest absolute Gasteiger partial charge is 0.312 e. The highest BCUT2D eigenvalue weighted by Gasteiger charge is 2.28. The standard InChI is InChI=1S/C16H26N2/c1-13(2)16-10-7-11-18(16)12-15(17-3)14-8-5-4-6-9-14/h4-6,8-9,13,15-17H,7,10-12H2,1-3H3. The van der Waals surface area contributed by atoms with Crippen LogP contribution in [0.2, 0.25) is 0 Å². The van der Waals surface area contributed by atoms with Crippen molar-refractivity contribution in [3.05, 3.63) is 35.9 Å². The Bertz CT molecular complexity index is 347. The van der Waals surface area contributed by atoms with E-state index in [2.05, 4.69) is 61.4 Å². The smallest absolute Gasteiger partial charge is 0.0446 e. The Kier molecular flexibility index (Phi) is 4.79.